The van der Waals surface area contributed by atoms with Gasteiger partial charge in [-0.05, 0) is 41.8 Å². The molecule has 2 aromatic carbocycles. The summed E-state index contributed by atoms with van der Waals surface area (Å²) in [5, 5.41) is 13.9. The topological polar surface area (TPSA) is 76.0 Å². The molecule has 4 aliphatic heterocycles. The normalized spacial score (nSPS) is 11.4. The fraction of sp³-hybridized carbons (Fsp3) is 0.0714. The van der Waals surface area contributed by atoms with Gasteiger partial charge >= 0.3 is 6.16 Å². The van der Waals surface area contributed by atoms with Gasteiger partial charge < -0.3 is 10.2 Å². The van der Waals surface area contributed by atoms with Crippen LogP contribution < -0.4 is 9.78 Å². The second-order valence-corrected chi connectivity index (χ2v) is 3.91. The first-order chi connectivity index (χ1) is 9.13. The van der Waals surface area contributed by atoms with Crippen LogP contribution in [0, 0.1) is 0 Å². The maximum absolute atomic E-state index is 8.56. The summed E-state index contributed by atoms with van der Waals surface area (Å²) in [6, 6.07) is 15.9. The quantitative estimate of drug-likeness (QED) is 0.711. The van der Waals surface area contributed by atoms with E-state index >= 15 is 0 Å². The molecule has 0 spiro atoms. The lowest BCUT2D eigenvalue weighted by Gasteiger charge is -2.04. The van der Waals surface area contributed by atoms with Crippen LogP contribution in [-0.2, 0) is 6.42 Å². The van der Waals surface area contributed by atoms with Crippen molar-refractivity contribution in [3.8, 4) is 11.5 Å². The summed E-state index contributed by atoms with van der Waals surface area (Å²) in [6.07, 6.45) is -0.888. The van der Waals surface area contributed by atoms with Gasteiger partial charge in [-0.25, -0.2) is 4.79 Å². The van der Waals surface area contributed by atoms with Crippen LogP contribution in [0.1, 0.15) is 11.1 Å². The van der Waals surface area contributed by atoms with Gasteiger partial charge in [-0.2, -0.15) is 0 Å². The second-order valence-electron chi connectivity index (χ2n) is 3.91. The smallest absolute Gasteiger partial charge is 0.450 e. The molecule has 5 nitrogen and oxygen atoms in total. The molecule has 19 heavy (non-hydrogen) atoms. The highest BCUT2D eigenvalue weighted by Crippen LogP contribution is 2.21. The first-order valence-electron chi connectivity index (χ1n) is 5.58. The predicted octanol–water partition coefficient (Wildman–Crippen LogP) is 3.19. The zero-order valence-electron chi connectivity index (χ0n) is 9.95. The van der Waals surface area contributed by atoms with Crippen LogP contribution in [0.2, 0.25) is 0 Å². The lowest BCUT2D eigenvalue weighted by Crippen LogP contribution is -1.99. The summed E-state index contributed by atoms with van der Waals surface area (Å²) in [5.74, 6) is 1.45. The summed E-state index contributed by atoms with van der Waals surface area (Å²) in [5.41, 5.74) is 2.55. The third-order valence-electron chi connectivity index (χ3n) is 2.49. The van der Waals surface area contributed by atoms with Crippen molar-refractivity contribution in [3.63, 3.8) is 0 Å². The number of carbonyl (C=O) groups is 1. The van der Waals surface area contributed by atoms with Gasteiger partial charge in [-0.15, -0.1) is 0 Å². The number of carboxylic acid groups (broad SMARTS) is 2. The minimum Gasteiger partial charge on any atom is -0.450 e. The van der Waals surface area contributed by atoms with Crippen molar-refractivity contribution in [2.75, 3.05) is 0 Å². The van der Waals surface area contributed by atoms with Crippen molar-refractivity contribution in [1.82, 2.24) is 0 Å². The van der Waals surface area contributed by atoms with Gasteiger partial charge in [-0.1, -0.05) is 24.3 Å². The van der Waals surface area contributed by atoms with Crippen LogP contribution in [0.5, 0.6) is 11.5 Å². The Labute approximate surface area is 109 Å². The third kappa shape index (κ3) is 3.92. The van der Waals surface area contributed by atoms with E-state index in [1.807, 2.05) is 24.3 Å². The van der Waals surface area contributed by atoms with Crippen LogP contribution in [0.15, 0.2) is 48.5 Å². The first-order valence-corrected chi connectivity index (χ1v) is 5.58. The van der Waals surface area contributed by atoms with Crippen LogP contribution in [0.3, 0.4) is 0 Å². The van der Waals surface area contributed by atoms with Crippen molar-refractivity contribution < 1.29 is 24.8 Å². The van der Waals surface area contributed by atoms with E-state index in [-0.39, 0.29) is 0 Å². The molecule has 6 rings (SSSR count). The number of hydrogen-bond acceptors (Lipinski definition) is 3. The molecule has 4 aliphatic rings. The third-order valence-corrected chi connectivity index (χ3v) is 2.49. The first kappa shape index (κ1) is 12.8. The molecule has 0 saturated carbocycles. The lowest BCUT2D eigenvalue weighted by atomic mass is 10.1. The Kier molecular flexibility index (Phi) is 3.87. The monoisotopic (exact) mass is 260 g/mol. The average Bonchev–Trinajstić information content (AvgIpc) is 2.48. The van der Waals surface area contributed by atoms with Gasteiger partial charge in [-0.3, -0.25) is 9.78 Å². The molecular formula is C14H12O5. The molecule has 2 N–H and O–H groups in total. The zero-order valence-corrected chi connectivity index (χ0v) is 9.95. The van der Waals surface area contributed by atoms with Crippen molar-refractivity contribution in [2.45, 2.75) is 6.42 Å². The van der Waals surface area contributed by atoms with Crippen LogP contribution in [0.4, 0.5) is 4.79 Å². The standard InChI is InChI=1S/C13H10O2.CH2O3/c1-5-12-6-2-10(1)9-11-3-7-13(8-4-11)15-14-12;2-1(3)4/h1-8H,9H2;(H2,2,3,4). The number of rotatable bonds is 0. The van der Waals surface area contributed by atoms with E-state index in [0.29, 0.717) is 0 Å². The summed E-state index contributed by atoms with van der Waals surface area (Å²) in [6.45, 7) is 0. The highest BCUT2D eigenvalue weighted by molar-refractivity contribution is 5.53. The van der Waals surface area contributed by atoms with E-state index < -0.39 is 6.16 Å². The Morgan fingerprint density at radius 3 is 1.42 bits per heavy atom. The van der Waals surface area contributed by atoms with Crippen LogP contribution in [0.25, 0.3) is 0 Å². The van der Waals surface area contributed by atoms with Gasteiger partial charge in [0.25, 0.3) is 0 Å². The molecule has 0 unspecified atom stereocenters. The molecule has 0 aliphatic carbocycles. The highest BCUT2D eigenvalue weighted by atomic mass is 17.2. The van der Waals surface area contributed by atoms with E-state index in [9.17, 15) is 0 Å². The Hall–Kier alpha value is -2.69. The molecule has 0 atom stereocenters. The molecule has 5 heteroatoms. The molecule has 4 bridgehead atoms. The molecule has 0 saturated heterocycles. The number of benzene rings is 2. The molecule has 0 radical (unpaired) electrons. The Morgan fingerprint density at radius 2 is 1.11 bits per heavy atom. The van der Waals surface area contributed by atoms with E-state index in [4.69, 9.17) is 24.8 Å². The van der Waals surface area contributed by atoms with E-state index in [2.05, 4.69) is 24.3 Å². The minimum absolute atomic E-state index is 0.725. The van der Waals surface area contributed by atoms with E-state index in [1.165, 1.54) is 11.1 Å². The van der Waals surface area contributed by atoms with Crippen LogP contribution >= 0.6 is 0 Å². The zero-order chi connectivity index (χ0) is 13.7. The van der Waals surface area contributed by atoms with Crippen molar-refractivity contribution in [2.24, 2.45) is 0 Å². The van der Waals surface area contributed by atoms with Gasteiger partial charge in [0, 0.05) is 0 Å². The van der Waals surface area contributed by atoms with Crippen molar-refractivity contribution in [1.29, 1.82) is 0 Å². The Balaban J connectivity index is 0.000000297. The Bertz CT molecular complexity index is 496. The van der Waals surface area contributed by atoms with Gasteiger partial charge in [0.1, 0.15) is 0 Å². The maximum Gasteiger partial charge on any atom is 0.503 e. The Morgan fingerprint density at radius 1 is 0.789 bits per heavy atom. The minimum atomic E-state index is -1.83. The molecule has 0 fully saturated rings. The largest absolute Gasteiger partial charge is 0.503 e. The number of hydrogen-bond donors (Lipinski definition) is 2. The molecular weight excluding hydrogens is 248 g/mol. The van der Waals surface area contributed by atoms with Gasteiger partial charge in [0.15, 0.2) is 11.5 Å². The highest BCUT2D eigenvalue weighted by Gasteiger charge is 2.03. The summed E-state index contributed by atoms with van der Waals surface area (Å²) in [7, 11) is 0. The van der Waals surface area contributed by atoms with Crippen molar-refractivity contribution in [3.05, 3.63) is 59.7 Å². The summed E-state index contributed by atoms with van der Waals surface area (Å²) >= 11 is 0. The molecule has 0 aromatic heterocycles. The van der Waals surface area contributed by atoms with Crippen molar-refractivity contribution >= 4 is 6.16 Å². The van der Waals surface area contributed by atoms with E-state index in [0.717, 1.165) is 17.9 Å². The predicted molar refractivity (Wildman–Crippen MR) is 67.6 cm³/mol. The fourth-order valence-electron chi connectivity index (χ4n) is 1.66. The second kappa shape index (κ2) is 5.77. The lowest BCUT2D eigenvalue weighted by molar-refractivity contribution is -0.0999. The van der Waals surface area contributed by atoms with Gasteiger partial charge in [0.05, 0.1) is 0 Å². The fourth-order valence-corrected chi connectivity index (χ4v) is 1.66. The molecule has 2 aromatic rings. The molecule has 4 heterocycles. The maximum atomic E-state index is 8.56. The SMILES string of the molecule is O=C(O)O.c1cc2ccc1Cc1ccc(cc1)OO2. The average molecular weight is 260 g/mol. The van der Waals surface area contributed by atoms with E-state index in [1.54, 1.807) is 0 Å². The molecule has 0 amide bonds. The van der Waals surface area contributed by atoms with Gasteiger partial charge in [0.2, 0.25) is 0 Å². The summed E-state index contributed by atoms with van der Waals surface area (Å²) < 4.78 is 0. The summed E-state index contributed by atoms with van der Waals surface area (Å²) in [4.78, 5) is 18.9. The molecule has 98 valence electrons. The van der Waals surface area contributed by atoms with Crippen LogP contribution in [-0.4, -0.2) is 16.4 Å².